The zero-order valence-electron chi connectivity index (χ0n) is 8.19. The molecular formula is C9H12N4O. The first kappa shape index (κ1) is 8.96. The van der Waals surface area contributed by atoms with Gasteiger partial charge in [0, 0.05) is 12.7 Å². The van der Waals surface area contributed by atoms with E-state index in [4.69, 9.17) is 10.2 Å². The summed E-state index contributed by atoms with van der Waals surface area (Å²) in [5.74, 6) is 1.19. The Morgan fingerprint density at radius 3 is 2.86 bits per heavy atom. The van der Waals surface area contributed by atoms with Gasteiger partial charge in [-0.05, 0) is 13.0 Å². The molecule has 0 fully saturated rings. The summed E-state index contributed by atoms with van der Waals surface area (Å²) >= 11 is 0. The Morgan fingerprint density at radius 1 is 1.57 bits per heavy atom. The van der Waals surface area contributed by atoms with Gasteiger partial charge in [0.2, 0.25) is 5.89 Å². The highest BCUT2D eigenvalue weighted by Gasteiger charge is 2.09. The molecule has 14 heavy (non-hydrogen) atoms. The zero-order valence-corrected chi connectivity index (χ0v) is 8.19. The van der Waals surface area contributed by atoms with Crippen molar-refractivity contribution in [2.24, 2.45) is 12.8 Å². The van der Waals surface area contributed by atoms with Gasteiger partial charge in [-0.25, -0.2) is 4.98 Å². The summed E-state index contributed by atoms with van der Waals surface area (Å²) in [6.07, 6.45) is 1.64. The van der Waals surface area contributed by atoms with Gasteiger partial charge in [-0.2, -0.15) is 5.10 Å². The quantitative estimate of drug-likeness (QED) is 0.765. The van der Waals surface area contributed by atoms with Crippen LogP contribution in [0.2, 0.25) is 0 Å². The Labute approximate surface area is 81.5 Å². The fraction of sp³-hybridized carbons (Fsp3) is 0.333. The molecular weight excluding hydrogens is 180 g/mol. The van der Waals surface area contributed by atoms with Crippen LogP contribution in [0.25, 0.3) is 11.5 Å². The standard InChI is InChI=1S/C9H12N4O/c1-6-3-7(12-13(6)2)8-5-11-9(4-10)14-8/h3,5H,4,10H2,1-2H3. The molecule has 0 aliphatic rings. The lowest BCUT2D eigenvalue weighted by Crippen LogP contribution is -1.94. The Bertz CT molecular complexity index is 424. The molecule has 5 heteroatoms. The molecule has 2 rings (SSSR count). The molecule has 2 heterocycles. The van der Waals surface area contributed by atoms with Crippen LogP contribution >= 0.6 is 0 Å². The maximum Gasteiger partial charge on any atom is 0.208 e. The molecule has 2 N–H and O–H groups in total. The van der Waals surface area contributed by atoms with Gasteiger partial charge in [0.25, 0.3) is 0 Å². The summed E-state index contributed by atoms with van der Waals surface area (Å²) in [6, 6.07) is 1.95. The predicted molar refractivity (Wildman–Crippen MR) is 51.3 cm³/mol. The highest BCUT2D eigenvalue weighted by Crippen LogP contribution is 2.19. The van der Waals surface area contributed by atoms with Crippen LogP contribution in [0.5, 0.6) is 0 Å². The second kappa shape index (κ2) is 3.26. The highest BCUT2D eigenvalue weighted by molar-refractivity contribution is 5.50. The van der Waals surface area contributed by atoms with E-state index in [1.807, 2.05) is 20.0 Å². The third-order valence-electron chi connectivity index (χ3n) is 2.09. The largest absolute Gasteiger partial charge is 0.438 e. The smallest absolute Gasteiger partial charge is 0.208 e. The van der Waals surface area contributed by atoms with Crippen molar-refractivity contribution in [1.82, 2.24) is 14.8 Å². The van der Waals surface area contributed by atoms with Gasteiger partial charge in [0.05, 0.1) is 12.7 Å². The maximum absolute atomic E-state index is 5.39. The van der Waals surface area contributed by atoms with Gasteiger partial charge in [-0.1, -0.05) is 0 Å². The van der Waals surface area contributed by atoms with Gasteiger partial charge in [0.1, 0.15) is 5.69 Å². The summed E-state index contributed by atoms with van der Waals surface area (Å²) in [6.45, 7) is 2.29. The highest BCUT2D eigenvalue weighted by atomic mass is 16.4. The molecule has 0 aromatic carbocycles. The van der Waals surface area contributed by atoms with Crippen LogP contribution in [-0.2, 0) is 13.6 Å². The number of aromatic nitrogens is 3. The third-order valence-corrected chi connectivity index (χ3v) is 2.09. The molecule has 0 radical (unpaired) electrons. The van der Waals surface area contributed by atoms with Crippen molar-refractivity contribution in [3.8, 4) is 11.5 Å². The Kier molecular flexibility index (Phi) is 2.09. The molecule has 0 aliphatic carbocycles. The van der Waals surface area contributed by atoms with Crippen LogP contribution < -0.4 is 5.73 Å². The number of nitrogens with zero attached hydrogens (tertiary/aromatic N) is 3. The van der Waals surface area contributed by atoms with Crippen molar-refractivity contribution in [1.29, 1.82) is 0 Å². The molecule has 0 saturated heterocycles. The van der Waals surface area contributed by atoms with E-state index in [9.17, 15) is 0 Å². The lowest BCUT2D eigenvalue weighted by atomic mass is 10.3. The minimum Gasteiger partial charge on any atom is -0.438 e. The summed E-state index contributed by atoms with van der Waals surface area (Å²) in [5, 5.41) is 4.27. The number of aryl methyl sites for hydroxylation is 2. The van der Waals surface area contributed by atoms with Crippen LogP contribution in [-0.4, -0.2) is 14.8 Å². The Balaban J connectivity index is 2.39. The van der Waals surface area contributed by atoms with E-state index < -0.39 is 0 Å². The molecule has 0 atom stereocenters. The summed E-state index contributed by atoms with van der Waals surface area (Å²) < 4.78 is 7.17. The van der Waals surface area contributed by atoms with Gasteiger partial charge in [-0.3, -0.25) is 4.68 Å². The molecule has 0 aliphatic heterocycles. The number of oxazole rings is 1. The monoisotopic (exact) mass is 192 g/mol. The average Bonchev–Trinajstić information content (AvgIpc) is 2.74. The zero-order chi connectivity index (χ0) is 10.1. The number of rotatable bonds is 2. The van der Waals surface area contributed by atoms with Crippen molar-refractivity contribution in [2.45, 2.75) is 13.5 Å². The first-order valence-electron chi connectivity index (χ1n) is 4.36. The van der Waals surface area contributed by atoms with E-state index in [0.717, 1.165) is 11.4 Å². The summed E-state index contributed by atoms with van der Waals surface area (Å²) in [7, 11) is 1.89. The van der Waals surface area contributed by atoms with Crippen molar-refractivity contribution in [3.05, 3.63) is 23.8 Å². The van der Waals surface area contributed by atoms with Gasteiger partial charge < -0.3 is 10.2 Å². The van der Waals surface area contributed by atoms with Crippen molar-refractivity contribution in [3.63, 3.8) is 0 Å². The van der Waals surface area contributed by atoms with E-state index in [2.05, 4.69) is 10.1 Å². The molecule has 0 spiro atoms. The molecule has 0 saturated carbocycles. The molecule has 0 unspecified atom stereocenters. The van der Waals surface area contributed by atoms with E-state index in [-0.39, 0.29) is 0 Å². The second-order valence-corrected chi connectivity index (χ2v) is 3.12. The van der Waals surface area contributed by atoms with Crippen molar-refractivity contribution < 1.29 is 4.42 Å². The van der Waals surface area contributed by atoms with Crippen LogP contribution in [0.4, 0.5) is 0 Å². The Hall–Kier alpha value is -1.62. The maximum atomic E-state index is 5.39. The van der Waals surface area contributed by atoms with Crippen LogP contribution in [0, 0.1) is 6.92 Å². The normalized spacial score (nSPS) is 10.8. The third kappa shape index (κ3) is 1.42. The summed E-state index contributed by atoms with van der Waals surface area (Å²) in [5.41, 5.74) is 7.26. The minimum absolute atomic E-state index is 0.311. The van der Waals surface area contributed by atoms with Gasteiger partial charge in [0.15, 0.2) is 5.76 Å². The van der Waals surface area contributed by atoms with E-state index in [1.54, 1.807) is 10.9 Å². The first-order chi connectivity index (χ1) is 6.70. The molecule has 74 valence electrons. The first-order valence-corrected chi connectivity index (χ1v) is 4.36. The fourth-order valence-corrected chi connectivity index (χ4v) is 1.20. The fourth-order valence-electron chi connectivity index (χ4n) is 1.20. The van der Waals surface area contributed by atoms with Crippen LogP contribution in [0.3, 0.4) is 0 Å². The lowest BCUT2D eigenvalue weighted by Gasteiger charge is -1.89. The second-order valence-electron chi connectivity index (χ2n) is 3.12. The lowest BCUT2D eigenvalue weighted by molar-refractivity contribution is 0.507. The SMILES string of the molecule is Cc1cc(-c2cnc(CN)o2)nn1C. The topological polar surface area (TPSA) is 69.9 Å². The minimum atomic E-state index is 0.311. The van der Waals surface area contributed by atoms with Gasteiger partial charge >= 0.3 is 0 Å². The Morgan fingerprint density at radius 2 is 2.36 bits per heavy atom. The van der Waals surface area contributed by atoms with E-state index in [0.29, 0.717) is 18.2 Å². The molecule has 2 aromatic rings. The number of nitrogens with two attached hydrogens (primary N) is 1. The van der Waals surface area contributed by atoms with Crippen molar-refractivity contribution in [2.75, 3.05) is 0 Å². The predicted octanol–water partition coefficient (Wildman–Crippen LogP) is 0.842. The van der Waals surface area contributed by atoms with E-state index in [1.165, 1.54) is 0 Å². The number of hydrogen-bond donors (Lipinski definition) is 1. The molecule has 5 nitrogen and oxygen atoms in total. The molecule has 2 aromatic heterocycles. The molecule has 0 amide bonds. The number of hydrogen-bond acceptors (Lipinski definition) is 4. The van der Waals surface area contributed by atoms with Gasteiger partial charge in [-0.15, -0.1) is 0 Å². The average molecular weight is 192 g/mol. The van der Waals surface area contributed by atoms with E-state index >= 15 is 0 Å². The molecule has 0 bridgehead atoms. The summed E-state index contributed by atoms with van der Waals surface area (Å²) in [4.78, 5) is 4.01. The van der Waals surface area contributed by atoms with Crippen LogP contribution in [0.15, 0.2) is 16.7 Å². The van der Waals surface area contributed by atoms with Crippen LogP contribution in [0.1, 0.15) is 11.6 Å². The van der Waals surface area contributed by atoms with Crippen molar-refractivity contribution >= 4 is 0 Å².